The number of nitrogens with zero attached hydrogens (tertiary/aromatic N) is 1. The van der Waals surface area contributed by atoms with E-state index in [4.69, 9.17) is 0 Å². The summed E-state index contributed by atoms with van der Waals surface area (Å²) in [5, 5.41) is 6.77. The summed E-state index contributed by atoms with van der Waals surface area (Å²) in [6, 6.07) is 14.5. The van der Waals surface area contributed by atoms with Crippen LogP contribution < -0.4 is 5.43 Å². The van der Waals surface area contributed by atoms with Crippen molar-refractivity contribution in [3.05, 3.63) is 48.0 Å². The summed E-state index contributed by atoms with van der Waals surface area (Å²) in [5.74, 6) is 0.826. The van der Waals surface area contributed by atoms with Crippen LogP contribution in [-0.4, -0.2) is 11.6 Å². The van der Waals surface area contributed by atoms with Crippen LogP contribution in [0.5, 0.6) is 0 Å². The van der Waals surface area contributed by atoms with E-state index in [1.807, 2.05) is 25.1 Å². The SMILES string of the molecule is C/C(=N/NC(=O)[C@H]1[C@@H]2CCCC[C@@]21C)c1cccc2ccccc12. The first-order valence-corrected chi connectivity index (χ1v) is 8.93. The molecular weight excluding hydrogens is 296 g/mol. The van der Waals surface area contributed by atoms with Gasteiger partial charge >= 0.3 is 0 Å². The Bertz CT molecular complexity index is 820. The number of rotatable bonds is 3. The zero-order valence-corrected chi connectivity index (χ0v) is 14.4. The van der Waals surface area contributed by atoms with Crippen LogP contribution in [0.1, 0.15) is 45.1 Å². The van der Waals surface area contributed by atoms with E-state index in [1.54, 1.807) is 0 Å². The van der Waals surface area contributed by atoms with Gasteiger partial charge in [0.15, 0.2) is 0 Å². The van der Waals surface area contributed by atoms with Crippen molar-refractivity contribution in [2.45, 2.75) is 39.5 Å². The Morgan fingerprint density at radius 2 is 1.96 bits per heavy atom. The average molecular weight is 320 g/mol. The van der Waals surface area contributed by atoms with Crippen LogP contribution in [0.3, 0.4) is 0 Å². The summed E-state index contributed by atoms with van der Waals surface area (Å²) < 4.78 is 0. The summed E-state index contributed by atoms with van der Waals surface area (Å²) in [6.07, 6.45) is 4.90. The molecule has 0 aromatic heterocycles. The molecule has 0 heterocycles. The summed E-state index contributed by atoms with van der Waals surface area (Å²) >= 11 is 0. The first-order chi connectivity index (χ1) is 11.6. The molecule has 0 spiro atoms. The third-order valence-corrected chi connectivity index (χ3v) is 6.13. The Morgan fingerprint density at radius 3 is 2.75 bits per heavy atom. The molecule has 124 valence electrons. The van der Waals surface area contributed by atoms with Gasteiger partial charge in [0.1, 0.15) is 0 Å². The van der Waals surface area contributed by atoms with Gasteiger partial charge in [0.05, 0.1) is 5.71 Å². The second-order valence-electron chi connectivity index (χ2n) is 7.54. The Kier molecular flexibility index (Phi) is 3.67. The number of fused-ring (bicyclic) bond motifs is 2. The van der Waals surface area contributed by atoms with E-state index in [0.29, 0.717) is 5.92 Å². The molecule has 0 unspecified atom stereocenters. The molecule has 0 saturated heterocycles. The van der Waals surface area contributed by atoms with Gasteiger partial charge in [-0.3, -0.25) is 4.79 Å². The number of nitrogens with one attached hydrogen (secondary N) is 1. The van der Waals surface area contributed by atoms with Crippen molar-refractivity contribution in [3.8, 4) is 0 Å². The van der Waals surface area contributed by atoms with Gasteiger partial charge in [-0.25, -0.2) is 5.43 Å². The topological polar surface area (TPSA) is 41.5 Å². The number of hydrazone groups is 1. The average Bonchev–Trinajstić information content (AvgIpc) is 3.24. The minimum absolute atomic E-state index is 0.101. The molecule has 3 atom stereocenters. The molecule has 0 bridgehead atoms. The first kappa shape index (κ1) is 15.4. The fourth-order valence-electron chi connectivity index (χ4n) is 4.66. The highest BCUT2D eigenvalue weighted by atomic mass is 16.2. The molecule has 2 saturated carbocycles. The molecule has 0 aliphatic heterocycles. The van der Waals surface area contributed by atoms with Crippen molar-refractivity contribution in [1.29, 1.82) is 0 Å². The van der Waals surface area contributed by atoms with E-state index in [-0.39, 0.29) is 17.2 Å². The Hall–Kier alpha value is -2.16. The van der Waals surface area contributed by atoms with E-state index in [1.165, 1.54) is 36.5 Å². The van der Waals surface area contributed by atoms with Crippen LogP contribution in [0.15, 0.2) is 47.6 Å². The summed E-state index contributed by atoms with van der Waals surface area (Å²) in [6.45, 7) is 4.23. The number of carbonyl (C=O) groups is 1. The van der Waals surface area contributed by atoms with Gasteiger partial charge in [-0.1, -0.05) is 62.2 Å². The van der Waals surface area contributed by atoms with Crippen molar-refractivity contribution < 1.29 is 4.79 Å². The molecule has 2 fully saturated rings. The smallest absolute Gasteiger partial charge is 0.244 e. The molecule has 3 nitrogen and oxygen atoms in total. The van der Waals surface area contributed by atoms with E-state index in [0.717, 1.165) is 11.3 Å². The standard InChI is InChI=1S/C21H24N2O/c1-14(16-11-7-9-15-8-3-4-10-17(15)16)22-23-20(24)19-18-12-5-6-13-21(18,19)2/h3-4,7-11,18-19H,5-6,12-13H2,1-2H3,(H,23,24)/b22-14-/t18-,19+,21-/m0/s1. The number of amides is 1. The number of benzene rings is 2. The molecule has 2 aliphatic rings. The third-order valence-electron chi connectivity index (χ3n) is 6.13. The fraction of sp³-hybridized carbons (Fsp3) is 0.429. The maximum absolute atomic E-state index is 12.6. The third kappa shape index (κ3) is 2.43. The highest BCUT2D eigenvalue weighted by Gasteiger charge is 2.64. The first-order valence-electron chi connectivity index (χ1n) is 8.93. The predicted molar refractivity (Wildman–Crippen MR) is 97.9 cm³/mol. The van der Waals surface area contributed by atoms with Gasteiger partial charge in [0, 0.05) is 11.5 Å². The zero-order valence-electron chi connectivity index (χ0n) is 14.4. The molecule has 1 amide bonds. The lowest BCUT2D eigenvalue weighted by Gasteiger charge is -2.15. The Labute approximate surface area is 143 Å². The second-order valence-corrected chi connectivity index (χ2v) is 7.54. The van der Waals surface area contributed by atoms with Gasteiger partial charge in [0.2, 0.25) is 5.91 Å². The zero-order chi connectivity index (χ0) is 16.7. The van der Waals surface area contributed by atoms with Crippen LogP contribution in [0.2, 0.25) is 0 Å². The molecular formula is C21H24N2O. The largest absolute Gasteiger partial charge is 0.273 e. The van der Waals surface area contributed by atoms with Crippen molar-refractivity contribution in [3.63, 3.8) is 0 Å². The second kappa shape index (κ2) is 5.73. The molecule has 2 aromatic carbocycles. The summed E-state index contributed by atoms with van der Waals surface area (Å²) in [7, 11) is 0. The molecule has 4 rings (SSSR count). The minimum Gasteiger partial charge on any atom is -0.273 e. The summed E-state index contributed by atoms with van der Waals surface area (Å²) in [4.78, 5) is 12.6. The molecule has 0 radical (unpaired) electrons. The highest BCUT2D eigenvalue weighted by molar-refractivity contribution is 6.10. The highest BCUT2D eigenvalue weighted by Crippen LogP contribution is 2.66. The van der Waals surface area contributed by atoms with Crippen LogP contribution in [0, 0.1) is 17.3 Å². The van der Waals surface area contributed by atoms with Crippen molar-refractivity contribution in [2.24, 2.45) is 22.4 Å². The minimum atomic E-state index is 0.101. The van der Waals surface area contributed by atoms with Gasteiger partial charge in [-0.15, -0.1) is 0 Å². The van der Waals surface area contributed by atoms with E-state index in [2.05, 4.69) is 41.7 Å². The van der Waals surface area contributed by atoms with Crippen LogP contribution in [-0.2, 0) is 4.79 Å². The van der Waals surface area contributed by atoms with Crippen molar-refractivity contribution in [1.82, 2.24) is 5.43 Å². The molecule has 2 aliphatic carbocycles. The lowest BCUT2D eigenvalue weighted by Crippen LogP contribution is -2.23. The van der Waals surface area contributed by atoms with Crippen LogP contribution >= 0.6 is 0 Å². The number of hydrogen-bond donors (Lipinski definition) is 1. The van der Waals surface area contributed by atoms with Gasteiger partial charge in [-0.2, -0.15) is 5.10 Å². The monoisotopic (exact) mass is 320 g/mol. The normalized spacial score (nSPS) is 29.2. The van der Waals surface area contributed by atoms with Crippen LogP contribution in [0.4, 0.5) is 0 Å². The fourth-order valence-corrected chi connectivity index (χ4v) is 4.66. The van der Waals surface area contributed by atoms with Crippen molar-refractivity contribution in [2.75, 3.05) is 0 Å². The van der Waals surface area contributed by atoms with Gasteiger partial charge < -0.3 is 0 Å². The molecule has 3 heteroatoms. The maximum Gasteiger partial charge on any atom is 0.244 e. The number of hydrogen-bond acceptors (Lipinski definition) is 2. The van der Waals surface area contributed by atoms with Gasteiger partial charge in [-0.05, 0) is 41.9 Å². The van der Waals surface area contributed by atoms with Gasteiger partial charge in [0.25, 0.3) is 0 Å². The lowest BCUT2D eigenvalue weighted by molar-refractivity contribution is -0.123. The Morgan fingerprint density at radius 1 is 1.17 bits per heavy atom. The quantitative estimate of drug-likeness (QED) is 0.656. The van der Waals surface area contributed by atoms with E-state index >= 15 is 0 Å². The number of carbonyl (C=O) groups excluding carboxylic acids is 1. The molecule has 2 aromatic rings. The Balaban J connectivity index is 1.52. The van der Waals surface area contributed by atoms with Crippen molar-refractivity contribution >= 4 is 22.4 Å². The maximum atomic E-state index is 12.6. The van der Waals surface area contributed by atoms with Crippen LogP contribution in [0.25, 0.3) is 10.8 Å². The predicted octanol–water partition coefficient (Wildman–Crippen LogP) is 4.51. The molecule has 24 heavy (non-hydrogen) atoms. The van der Waals surface area contributed by atoms with E-state index < -0.39 is 0 Å². The lowest BCUT2D eigenvalue weighted by atomic mass is 9.90. The summed E-state index contributed by atoms with van der Waals surface area (Å²) in [5.41, 5.74) is 5.00. The molecule has 1 N–H and O–H groups in total. The van der Waals surface area contributed by atoms with E-state index in [9.17, 15) is 4.79 Å².